The van der Waals surface area contributed by atoms with Gasteiger partial charge in [-0.1, -0.05) is 23.0 Å². The van der Waals surface area contributed by atoms with Gasteiger partial charge in [0.15, 0.2) is 5.13 Å². The van der Waals surface area contributed by atoms with Gasteiger partial charge in [-0.15, -0.1) is 11.8 Å². The lowest BCUT2D eigenvalue weighted by atomic mass is 10.0. The van der Waals surface area contributed by atoms with Crippen LogP contribution in [0.5, 0.6) is 0 Å². The summed E-state index contributed by atoms with van der Waals surface area (Å²) in [4.78, 5) is 42.5. The molecular formula is C16H19N7O5S4. The molecule has 2 aliphatic rings. The molecule has 16 heteroatoms. The highest BCUT2D eigenvalue weighted by molar-refractivity contribution is 8.08. The van der Waals surface area contributed by atoms with Crippen LogP contribution in [-0.2, 0) is 14.4 Å². The van der Waals surface area contributed by atoms with Crippen molar-refractivity contribution in [3.05, 3.63) is 27.9 Å². The summed E-state index contributed by atoms with van der Waals surface area (Å²) in [6.07, 6.45) is 1.91. The highest BCUT2D eigenvalue weighted by Gasteiger charge is 2.54. The van der Waals surface area contributed by atoms with Crippen LogP contribution in [0.2, 0.25) is 0 Å². The standard InChI is InChI=1S/C16H19N7O5S4/c17-2-5-29-3-1-4-30-7-6-31-14-9(13(25)23(14)10(7)15(26)27)19-12(24)8(21-28)11-20-16(18)32-22-11/h1,4,9,14,28H,2-3,5-6,17H2,(H,19,24)(H,26,27)(H2,18,20,22)/b4-1-,21-8-/t9?,14-/m1/s1. The molecule has 0 aromatic carbocycles. The molecular weight excluding hydrogens is 498 g/mol. The van der Waals surface area contributed by atoms with Crippen molar-refractivity contribution in [2.75, 3.05) is 29.5 Å². The number of oxime groups is 1. The number of thioether (sulfide) groups is 3. The van der Waals surface area contributed by atoms with Crippen LogP contribution in [0.3, 0.4) is 0 Å². The second-order valence-corrected chi connectivity index (χ2v) is 10.2. The number of carbonyl (C=O) groups excluding carboxylic acids is 2. The SMILES string of the molecule is NCCSC/C=C\SC1=C(C(=O)O)N2C(=O)C(NC(=O)/C(=N\O)c3nsc(N)n3)[C@H]2SC1. The number of rotatable bonds is 10. The minimum atomic E-state index is -1.22. The summed E-state index contributed by atoms with van der Waals surface area (Å²) in [6, 6.07) is -0.982. The number of fused-ring (bicyclic) bond motifs is 1. The number of nitrogens with one attached hydrogen (secondary N) is 1. The molecule has 3 heterocycles. The van der Waals surface area contributed by atoms with Gasteiger partial charge in [-0.3, -0.25) is 14.5 Å². The first-order valence-electron chi connectivity index (χ1n) is 9.02. The molecule has 1 fully saturated rings. The average molecular weight is 518 g/mol. The van der Waals surface area contributed by atoms with E-state index in [4.69, 9.17) is 16.7 Å². The summed E-state index contributed by atoms with van der Waals surface area (Å²) in [7, 11) is 0. The van der Waals surface area contributed by atoms with Crippen LogP contribution in [0.1, 0.15) is 5.82 Å². The summed E-state index contributed by atoms with van der Waals surface area (Å²) in [5, 5.41) is 25.5. The number of carboxylic acid groups (broad SMARTS) is 1. The van der Waals surface area contributed by atoms with E-state index in [1.807, 2.05) is 6.08 Å². The fraction of sp³-hybridized carbons (Fsp3) is 0.375. The molecule has 12 nitrogen and oxygen atoms in total. The lowest BCUT2D eigenvalue weighted by Gasteiger charge is -2.49. The summed E-state index contributed by atoms with van der Waals surface area (Å²) < 4.78 is 3.81. The average Bonchev–Trinajstić information content (AvgIpc) is 3.19. The molecule has 7 N–H and O–H groups in total. The second-order valence-electron chi connectivity index (χ2n) is 6.20. The Kier molecular flexibility index (Phi) is 8.41. The minimum Gasteiger partial charge on any atom is -0.477 e. The smallest absolute Gasteiger partial charge is 0.353 e. The molecule has 172 valence electrons. The van der Waals surface area contributed by atoms with Crippen molar-refractivity contribution in [2.24, 2.45) is 10.9 Å². The van der Waals surface area contributed by atoms with Gasteiger partial charge in [-0.25, -0.2) is 4.79 Å². The van der Waals surface area contributed by atoms with Gasteiger partial charge >= 0.3 is 5.97 Å². The number of nitrogens with two attached hydrogens (primary N) is 2. The number of aromatic nitrogens is 2. The van der Waals surface area contributed by atoms with E-state index in [1.165, 1.54) is 23.5 Å². The third-order valence-corrected chi connectivity index (χ3v) is 8.08. The summed E-state index contributed by atoms with van der Waals surface area (Å²) in [6.45, 7) is 0.590. The van der Waals surface area contributed by atoms with Gasteiger partial charge in [-0.2, -0.15) is 21.1 Å². The topological polar surface area (TPSA) is 197 Å². The predicted octanol–water partition coefficient (Wildman–Crippen LogP) is -0.0665. The van der Waals surface area contributed by atoms with Gasteiger partial charge in [0.25, 0.3) is 11.8 Å². The zero-order chi connectivity index (χ0) is 23.3. The molecule has 0 saturated carbocycles. The van der Waals surface area contributed by atoms with Crippen LogP contribution in [0, 0.1) is 0 Å². The van der Waals surface area contributed by atoms with Crippen LogP contribution in [0.4, 0.5) is 5.13 Å². The van der Waals surface area contributed by atoms with Crippen LogP contribution in [-0.4, -0.2) is 83.3 Å². The zero-order valence-corrected chi connectivity index (χ0v) is 19.6. The Balaban J connectivity index is 1.68. The Morgan fingerprint density at radius 3 is 2.84 bits per heavy atom. The maximum absolute atomic E-state index is 12.7. The Morgan fingerprint density at radius 1 is 1.44 bits per heavy atom. The number of amides is 2. The van der Waals surface area contributed by atoms with Crippen LogP contribution in [0.25, 0.3) is 0 Å². The van der Waals surface area contributed by atoms with E-state index in [0.717, 1.165) is 27.9 Å². The van der Waals surface area contributed by atoms with Gasteiger partial charge < -0.3 is 27.1 Å². The van der Waals surface area contributed by atoms with E-state index in [9.17, 15) is 19.5 Å². The second kappa shape index (κ2) is 11.0. The number of hydrogen-bond acceptors (Lipinski definition) is 13. The number of carboxylic acids is 1. The van der Waals surface area contributed by atoms with Crippen molar-refractivity contribution in [2.45, 2.75) is 11.4 Å². The van der Waals surface area contributed by atoms with E-state index < -0.39 is 34.9 Å². The Hall–Kier alpha value is -2.27. The predicted molar refractivity (Wildman–Crippen MR) is 125 cm³/mol. The van der Waals surface area contributed by atoms with Crippen molar-refractivity contribution in [1.82, 2.24) is 19.6 Å². The maximum atomic E-state index is 12.7. The number of β-lactam (4-membered cyclic amide) rings is 1. The number of aliphatic carboxylic acids is 1. The first kappa shape index (κ1) is 24.4. The monoisotopic (exact) mass is 517 g/mol. The fourth-order valence-electron chi connectivity index (χ4n) is 2.82. The number of anilines is 1. The molecule has 2 atom stereocenters. The molecule has 0 radical (unpaired) electrons. The molecule has 1 aromatic rings. The van der Waals surface area contributed by atoms with Crippen LogP contribution < -0.4 is 16.8 Å². The highest BCUT2D eigenvalue weighted by Crippen LogP contribution is 2.43. The van der Waals surface area contributed by atoms with Crippen molar-refractivity contribution in [1.29, 1.82) is 0 Å². The first-order valence-corrected chi connectivity index (χ1v) is 12.9. The van der Waals surface area contributed by atoms with Gasteiger partial charge in [-0.05, 0) is 5.41 Å². The summed E-state index contributed by atoms with van der Waals surface area (Å²) in [5.74, 6) is -0.895. The molecule has 0 aliphatic carbocycles. The number of carbonyl (C=O) groups is 3. The third-order valence-electron chi connectivity index (χ3n) is 4.17. The van der Waals surface area contributed by atoms with Gasteiger partial charge in [0.1, 0.15) is 17.1 Å². The molecule has 3 rings (SSSR count). The lowest BCUT2D eigenvalue weighted by Crippen LogP contribution is -2.71. The van der Waals surface area contributed by atoms with E-state index in [2.05, 4.69) is 19.8 Å². The Labute approximate surface area is 199 Å². The van der Waals surface area contributed by atoms with E-state index in [-0.39, 0.29) is 16.7 Å². The molecule has 1 aromatic heterocycles. The first-order chi connectivity index (χ1) is 15.4. The van der Waals surface area contributed by atoms with Gasteiger partial charge in [0.05, 0.1) is 0 Å². The van der Waals surface area contributed by atoms with Crippen LogP contribution >= 0.6 is 46.8 Å². The Morgan fingerprint density at radius 2 is 2.22 bits per heavy atom. The number of nitrogens with zero attached hydrogens (tertiary/aromatic N) is 4. The van der Waals surface area contributed by atoms with Crippen molar-refractivity contribution >= 4 is 75.4 Å². The molecule has 1 unspecified atom stereocenters. The summed E-state index contributed by atoms with van der Waals surface area (Å²) in [5.41, 5.74) is 10.3. The zero-order valence-electron chi connectivity index (χ0n) is 16.3. The normalized spacial score (nSPS) is 21.0. The van der Waals surface area contributed by atoms with Gasteiger partial charge in [0.2, 0.25) is 11.5 Å². The van der Waals surface area contributed by atoms with E-state index >= 15 is 0 Å². The number of nitrogen functional groups attached to an aromatic ring is 1. The largest absolute Gasteiger partial charge is 0.477 e. The maximum Gasteiger partial charge on any atom is 0.353 e. The van der Waals surface area contributed by atoms with E-state index in [0.29, 0.717) is 17.2 Å². The Bertz CT molecular complexity index is 995. The molecule has 1 saturated heterocycles. The van der Waals surface area contributed by atoms with Crippen molar-refractivity contribution in [3.8, 4) is 0 Å². The quantitative estimate of drug-likeness (QED) is 0.0912. The van der Waals surface area contributed by atoms with E-state index in [1.54, 1.807) is 17.2 Å². The molecule has 32 heavy (non-hydrogen) atoms. The molecule has 2 amide bonds. The van der Waals surface area contributed by atoms with Gasteiger partial charge in [0, 0.05) is 40.2 Å². The van der Waals surface area contributed by atoms with Crippen LogP contribution in [0.15, 0.2) is 27.2 Å². The lowest BCUT2D eigenvalue weighted by molar-refractivity contribution is -0.150. The highest BCUT2D eigenvalue weighted by atomic mass is 32.2. The fourth-order valence-corrected chi connectivity index (χ4v) is 6.26. The molecule has 2 aliphatic heterocycles. The molecule has 0 bridgehead atoms. The number of hydrogen-bond donors (Lipinski definition) is 5. The minimum absolute atomic E-state index is 0.0796. The van der Waals surface area contributed by atoms with Crippen molar-refractivity contribution in [3.63, 3.8) is 0 Å². The van der Waals surface area contributed by atoms with Crippen molar-refractivity contribution < 1.29 is 24.7 Å². The third kappa shape index (κ3) is 5.20. The molecule has 0 spiro atoms. The summed E-state index contributed by atoms with van der Waals surface area (Å²) >= 11 is 5.05.